The molecule has 0 aromatic heterocycles. The van der Waals surface area contributed by atoms with Crippen LogP contribution in [-0.2, 0) is 75.0 Å². The second-order valence-corrected chi connectivity index (χ2v) is 21.1. The number of esters is 1. The largest absolute Gasteiger partial charge is 0.457 e. The number of rotatable bonds is 18. The Morgan fingerprint density at radius 1 is 0.986 bits per heavy atom. The molecule has 0 aliphatic carbocycles. The highest BCUT2D eigenvalue weighted by molar-refractivity contribution is 8.00. The molecule has 0 saturated carbocycles. The standard InChI is InChI=1S/C50H68ClN5O16S/c1-28-10-9-11-37(67-8)50(66)26-35(70-48(65)52-50)30(3)44-49(5,72-44)38(25-40(59)54(7)34-23-32(20-28)22-33(27-57)43(34)51)71-47(64)31(4)53(6)39(58)12-19-73-36-24-42(61)56(46(36)63)14-16-69-18-17-68-15-13-55-41(60)21-29(2)45(55)62/h9-11,22-23,29-31,35-38,44,57,66H,12-21,24-27H2,1-8H3,(H,52,65)/b11-9+,28-10+/t29?,30-,31+,35+,36?,37-,38+,44+,49+,50+/m1/s1. The van der Waals surface area contributed by atoms with Gasteiger partial charge in [0, 0.05) is 64.5 Å². The highest BCUT2D eigenvalue weighted by atomic mass is 35.5. The van der Waals surface area contributed by atoms with E-state index >= 15 is 0 Å². The quantitative estimate of drug-likeness (QED) is 0.0826. The molecule has 4 fully saturated rings. The molecule has 3 N–H and O–H groups in total. The SMILES string of the molecule is CO[C@@H]1/C=C/C=C(\C)Cc2cc(CO)c(Cl)c(c2)N(C)C(=O)C[C@H](OC(=O)[C@H](C)N(C)C(=O)CCSC2CC(=O)N(CCOCCOCCN3C(=O)CC(C)C3=O)C2=O)[C@]2(C)O[C@H]2[C@H](C)[C@@H]2C[C@@]1(O)NC(=O)O2. The van der Waals surface area contributed by atoms with Crippen molar-refractivity contribution in [2.75, 3.05) is 71.4 Å². The first kappa shape index (κ1) is 57.3. The van der Waals surface area contributed by atoms with Crippen molar-refractivity contribution in [1.29, 1.82) is 0 Å². The van der Waals surface area contributed by atoms with Crippen LogP contribution in [0.15, 0.2) is 35.9 Å². The van der Waals surface area contributed by atoms with Gasteiger partial charge in [-0.25, -0.2) is 9.59 Å². The van der Waals surface area contributed by atoms with Crippen LogP contribution in [0, 0.1) is 11.8 Å². The molecular weight excluding hydrogens is 994 g/mol. The number of nitrogens with one attached hydrogen (secondary N) is 1. The van der Waals surface area contributed by atoms with Gasteiger partial charge in [-0.15, -0.1) is 11.8 Å². The predicted molar refractivity (Wildman–Crippen MR) is 265 cm³/mol. The molecule has 5 heterocycles. The molecule has 7 amide bonds. The number of nitrogens with zero attached hydrogens (tertiary/aromatic N) is 4. The van der Waals surface area contributed by atoms with Crippen LogP contribution in [0.3, 0.4) is 0 Å². The summed E-state index contributed by atoms with van der Waals surface area (Å²) in [5, 5.41) is 24.0. The van der Waals surface area contributed by atoms with E-state index in [1.165, 1.54) is 42.8 Å². The van der Waals surface area contributed by atoms with E-state index in [1.807, 2.05) is 13.0 Å². The third kappa shape index (κ3) is 13.5. The number of carbonyl (C=O) groups is 8. The van der Waals surface area contributed by atoms with Crippen molar-refractivity contribution in [3.05, 3.63) is 52.1 Å². The van der Waals surface area contributed by atoms with Gasteiger partial charge in [0.15, 0.2) is 5.72 Å². The topological polar surface area (TPSA) is 261 Å². The molecule has 0 spiro atoms. The van der Waals surface area contributed by atoms with Crippen molar-refractivity contribution in [3.8, 4) is 0 Å². The van der Waals surface area contributed by atoms with Gasteiger partial charge in [-0.2, -0.15) is 0 Å². The van der Waals surface area contributed by atoms with E-state index in [0.717, 1.165) is 27.8 Å². The Morgan fingerprint density at radius 2 is 1.64 bits per heavy atom. The van der Waals surface area contributed by atoms with Gasteiger partial charge in [0.25, 0.3) is 0 Å². The number of aliphatic hydroxyl groups excluding tert-OH is 1. The van der Waals surface area contributed by atoms with Crippen LogP contribution >= 0.6 is 23.4 Å². The Hall–Kier alpha value is -4.94. The zero-order valence-corrected chi connectivity index (χ0v) is 44.2. The first-order chi connectivity index (χ1) is 34.5. The van der Waals surface area contributed by atoms with E-state index in [4.69, 9.17) is 40.0 Å². The number of halogens is 1. The molecule has 2 unspecified atom stereocenters. The molecule has 4 saturated heterocycles. The van der Waals surface area contributed by atoms with Crippen LogP contribution in [0.2, 0.25) is 5.02 Å². The van der Waals surface area contributed by atoms with Crippen LogP contribution in [-0.4, -0.2) is 186 Å². The molecule has 23 heteroatoms. The lowest BCUT2D eigenvalue weighted by atomic mass is 9.83. The van der Waals surface area contributed by atoms with Crippen molar-refractivity contribution >= 4 is 76.6 Å². The second-order valence-electron chi connectivity index (χ2n) is 19.4. The van der Waals surface area contributed by atoms with E-state index in [9.17, 15) is 48.6 Å². The fourth-order valence-electron chi connectivity index (χ4n) is 9.48. The van der Waals surface area contributed by atoms with Gasteiger partial charge < -0.3 is 48.4 Å². The average molecular weight is 1060 g/mol. The number of allylic oxidation sites excluding steroid dienone is 3. The number of amides is 7. The molecule has 5 aliphatic rings. The number of carbonyl (C=O) groups excluding carboxylic acids is 8. The van der Waals surface area contributed by atoms with Gasteiger partial charge in [0.05, 0.1) is 74.6 Å². The van der Waals surface area contributed by atoms with Gasteiger partial charge in [-0.1, -0.05) is 55.3 Å². The number of hydrogen-bond donors (Lipinski definition) is 3. The summed E-state index contributed by atoms with van der Waals surface area (Å²) in [4.78, 5) is 110. The number of alkyl carbamates (subject to hydrolysis) is 1. The molecule has 5 aliphatic heterocycles. The zero-order valence-electron chi connectivity index (χ0n) is 42.6. The monoisotopic (exact) mass is 1060 g/mol. The first-order valence-corrected chi connectivity index (χ1v) is 25.8. The van der Waals surface area contributed by atoms with E-state index < -0.39 is 95.8 Å². The van der Waals surface area contributed by atoms with E-state index in [1.54, 1.807) is 45.1 Å². The molecule has 73 heavy (non-hydrogen) atoms. The number of ether oxygens (including phenoxy) is 6. The number of epoxide rings is 1. The summed E-state index contributed by atoms with van der Waals surface area (Å²) in [6.45, 7) is 8.84. The minimum absolute atomic E-state index is 0.0297. The molecular formula is C50H68ClN5O16S. The lowest BCUT2D eigenvalue weighted by Gasteiger charge is -2.42. The summed E-state index contributed by atoms with van der Waals surface area (Å²) in [5.74, 6) is -3.80. The Bertz CT molecular complexity index is 2350. The zero-order chi connectivity index (χ0) is 53.5. The highest BCUT2D eigenvalue weighted by Gasteiger charge is 2.64. The normalized spacial score (nSPS) is 30.4. The number of fused-ring (bicyclic) bond motifs is 5. The van der Waals surface area contributed by atoms with E-state index in [2.05, 4.69) is 5.32 Å². The fraction of sp³-hybridized carbons (Fsp3) is 0.640. The van der Waals surface area contributed by atoms with Crippen molar-refractivity contribution < 1.29 is 77.0 Å². The van der Waals surface area contributed by atoms with Crippen molar-refractivity contribution in [2.45, 2.75) is 127 Å². The summed E-state index contributed by atoms with van der Waals surface area (Å²) >= 11 is 7.93. The fourth-order valence-corrected chi connectivity index (χ4v) is 10.9. The van der Waals surface area contributed by atoms with Crippen molar-refractivity contribution in [3.63, 3.8) is 0 Å². The minimum Gasteiger partial charge on any atom is -0.457 e. The van der Waals surface area contributed by atoms with Gasteiger partial charge in [0.2, 0.25) is 35.4 Å². The lowest BCUT2D eigenvalue weighted by molar-refractivity contribution is -0.162. The average Bonchev–Trinajstić information content (AvgIpc) is 3.89. The highest BCUT2D eigenvalue weighted by Crippen LogP contribution is 2.49. The molecule has 21 nitrogen and oxygen atoms in total. The van der Waals surface area contributed by atoms with Crippen LogP contribution < -0.4 is 10.2 Å². The smallest absolute Gasteiger partial charge is 0.409 e. The number of aliphatic hydroxyl groups is 2. The number of anilines is 1. The number of thioether (sulfide) groups is 1. The van der Waals surface area contributed by atoms with Gasteiger partial charge in [-0.05, 0) is 44.4 Å². The van der Waals surface area contributed by atoms with Gasteiger partial charge >= 0.3 is 12.1 Å². The predicted octanol–water partition coefficient (Wildman–Crippen LogP) is 2.68. The second kappa shape index (κ2) is 24.6. The Labute approximate surface area is 434 Å². The number of methoxy groups -OCH3 is 1. The summed E-state index contributed by atoms with van der Waals surface area (Å²) in [5.41, 5.74) is -0.941. The Morgan fingerprint density at radius 3 is 2.27 bits per heavy atom. The maximum atomic E-state index is 14.3. The molecule has 6 rings (SSSR count). The number of benzene rings is 1. The summed E-state index contributed by atoms with van der Waals surface area (Å²) in [6.07, 6.45) is 0.215. The van der Waals surface area contributed by atoms with Crippen LogP contribution in [0.4, 0.5) is 10.5 Å². The molecule has 1 aromatic rings. The summed E-state index contributed by atoms with van der Waals surface area (Å²) in [6, 6.07) is 2.31. The van der Waals surface area contributed by atoms with E-state index in [-0.39, 0.29) is 99.6 Å². The molecule has 0 radical (unpaired) electrons. The number of likely N-dealkylation sites (N-methyl/N-ethyl adjacent to an activating group) is 1. The van der Waals surface area contributed by atoms with Gasteiger partial charge in [0.1, 0.15) is 30.0 Å². The number of likely N-dealkylation sites (tertiary alicyclic amines) is 2. The van der Waals surface area contributed by atoms with Gasteiger partial charge in [-0.3, -0.25) is 43.9 Å². The molecule has 10 atom stereocenters. The summed E-state index contributed by atoms with van der Waals surface area (Å²) < 4.78 is 34.8. The molecule has 1 aromatic carbocycles. The third-order valence-corrected chi connectivity index (χ3v) is 15.8. The molecule has 4 bridgehead atoms. The number of hydrogen-bond acceptors (Lipinski definition) is 17. The van der Waals surface area contributed by atoms with Crippen LogP contribution in [0.25, 0.3) is 0 Å². The lowest BCUT2D eigenvalue weighted by Crippen LogP contribution is -2.63. The Balaban J connectivity index is 1.06. The van der Waals surface area contributed by atoms with E-state index in [0.29, 0.717) is 17.7 Å². The molecule has 402 valence electrons. The van der Waals surface area contributed by atoms with Crippen LogP contribution in [0.5, 0.6) is 0 Å². The third-order valence-electron chi connectivity index (χ3n) is 14.2. The maximum Gasteiger partial charge on any atom is 0.409 e. The first-order valence-electron chi connectivity index (χ1n) is 24.4. The van der Waals surface area contributed by atoms with Crippen LogP contribution in [0.1, 0.15) is 77.8 Å². The Kier molecular flexibility index (Phi) is 19.3. The maximum absolute atomic E-state index is 14.3. The van der Waals surface area contributed by atoms with Crippen molar-refractivity contribution in [1.82, 2.24) is 20.0 Å². The minimum atomic E-state index is -1.90. The van der Waals surface area contributed by atoms with Crippen molar-refractivity contribution in [2.24, 2.45) is 11.8 Å². The number of imide groups is 2. The summed E-state index contributed by atoms with van der Waals surface area (Å²) in [7, 11) is 4.34.